The molecule has 2 atom stereocenters. The maximum atomic E-state index is 14.3. The van der Waals surface area contributed by atoms with Crippen LogP contribution in [0.4, 0.5) is 22.0 Å². The number of rotatable bonds is 9. The Kier molecular flexibility index (Phi) is 6.62. The second-order valence-corrected chi connectivity index (χ2v) is 13.1. The van der Waals surface area contributed by atoms with E-state index in [1.807, 2.05) is 10.9 Å². The average Bonchev–Trinajstić information content (AvgIpc) is 3.91. The fourth-order valence-electron chi connectivity index (χ4n) is 6.13. The first-order valence-corrected chi connectivity index (χ1v) is 15.5. The molecule has 2 aromatic heterocycles. The van der Waals surface area contributed by atoms with E-state index < -0.39 is 59.5 Å². The number of amides is 1. The van der Waals surface area contributed by atoms with Crippen LogP contribution in [0.25, 0.3) is 22.2 Å². The van der Waals surface area contributed by atoms with E-state index in [2.05, 4.69) is 15.4 Å². The number of nitrogens with two attached hydrogens (primary N) is 1. The van der Waals surface area contributed by atoms with Crippen LogP contribution >= 0.6 is 0 Å². The summed E-state index contributed by atoms with van der Waals surface area (Å²) in [4.78, 5) is 18.1. The van der Waals surface area contributed by atoms with Crippen molar-refractivity contribution in [3.8, 4) is 22.8 Å². The lowest BCUT2D eigenvalue weighted by atomic mass is 9.86. The number of hydrogen-bond acceptors (Lipinski definition) is 7. The number of pyridine rings is 1. The summed E-state index contributed by atoms with van der Waals surface area (Å²) in [5, 5.41) is 20.3. The van der Waals surface area contributed by atoms with Crippen LogP contribution < -0.4 is 20.5 Å². The first-order valence-electron chi connectivity index (χ1n) is 15.5. The second-order valence-electron chi connectivity index (χ2n) is 13.1. The molecule has 2 aromatic carbocycles. The van der Waals surface area contributed by atoms with E-state index in [0.29, 0.717) is 30.1 Å². The lowest BCUT2D eigenvalue weighted by Crippen LogP contribution is -2.52. The number of fused-ring (bicyclic) bond motifs is 2. The van der Waals surface area contributed by atoms with Gasteiger partial charge in [0.25, 0.3) is 5.91 Å². The Bertz CT molecular complexity index is 1940. The van der Waals surface area contributed by atoms with Crippen molar-refractivity contribution in [1.29, 1.82) is 0 Å². The standard InChI is InChI=1S/C33H30F5N5O4/c34-23-8-1-16(10-24(23)35)28-29-22(32(39,15-46-29)33(36,37)38)12-26(41-28)31(45,19-2-3-19)14-40-30(44)17-9-18-13-43(20-4-5-20)42-27(18)25(11-17)47-21-6-7-21/h1,8-13,19-21,45H,2-7,14-15,39H2,(H,40,44)/t31?,32-/m0/s1. The van der Waals surface area contributed by atoms with Crippen molar-refractivity contribution in [3.05, 3.63) is 71.1 Å². The summed E-state index contributed by atoms with van der Waals surface area (Å²) in [7, 11) is 0. The molecule has 0 spiro atoms. The zero-order valence-corrected chi connectivity index (χ0v) is 24.9. The third-order valence-electron chi connectivity index (χ3n) is 9.40. The molecule has 3 fully saturated rings. The number of nitrogens with one attached hydrogen (secondary N) is 1. The third-order valence-corrected chi connectivity index (χ3v) is 9.40. The summed E-state index contributed by atoms with van der Waals surface area (Å²) in [6.07, 6.45) is 1.85. The normalized spacial score (nSPS) is 22.1. The number of aliphatic hydroxyl groups is 1. The van der Waals surface area contributed by atoms with Gasteiger partial charge in [-0.15, -0.1) is 0 Å². The Morgan fingerprint density at radius 1 is 1.09 bits per heavy atom. The quantitative estimate of drug-likeness (QED) is 0.207. The van der Waals surface area contributed by atoms with Gasteiger partial charge in [0.15, 0.2) is 22.9 Å². The molecule has 246 valence electrons. The van der Waals surface area contributed by atoms with Crippen molar-refractivity contribution in [2.75, 3.05) is 13.2 Å². The molecule has 4 aliphatic rings. The molecule has 3 saturated carbocycles. The lowest BCUT2D eigenvalue weighted by Gasteiger charge is -2.31. The number of alkyl halides is 3. The first-order chi connectivity index (χ1) is 22.3. The maximum absolute atomic E-state index is 14.3. The van der Waals surface area contributed by atoms with E-state index >= 15 is 0 Å². The number of ether oxygens (including phenoxy) is 2. The third kappa shape index (κ3) is 5.17. The van der Waals surface area contributed by atoms with Gasteiger partial charge in [0.1, 0.15) is 29.2 Å². The smallest absolute Gasteiger partial charge is 0.414 e. The number of carbonyl (C=O) groups is 1. The molecule has 1 amide bonds. The molecule has 0 saturated heterocycles. The van der Waals surface area contributed by atoms with E-state index in [1.165, 1.54) is 0 Å². The monoisotopic (exact) mass is 655 g/mol. The van der Waals surface area contributed by atoms with E-state index in [4.69, 9.17) is 15.2 Å². The van der Waals surface area contributed by atoms with Gasteiger partial charge < -0.3 is 25.6 Å². The summed E-state index contributed by atoms with van der Waals surface area (Å²) >= 11 is 0. The molecule has 0 radical (unpaired) electrons. The van der Waals surface area contributed by atoms with Gasteiger partial charge in [0, 0.05) is 28.3 Å². The summed E-state index contributed by atoms with van der Waals surface area (Å²) in [6.45, 7) is -1.38. The SMILES string of the molecule is N[C@@]1(C(F)(F)F)COc2c1cc(C(O)(CNC(=O)c1cc(OC3CC3)c3nn(C4CC4)cc3c1)C1CC1)nc2-c1ccc(F)c(F)c1. The van der Waals surface area contributed by atoms with Gasteiger partial charge in [-0.25, -0.2) is 13.8 Å². The minimum atomic E-state index is -4.96. The highest BCUT2D eigenvalue weighted by atomic mass is 19.4. The van der Waals surface area contributed by atoms with Gasteiger partial charge in [0.2, 0.25) is 0 Å². The van der Waals surface area contributed by atoms with E-state index in [0.717, 1.165) is 55.3 Å². The largest absolute Gasteiger partial charge is 0.488 e. The predicted molar refractivity (Wildman–Crippen MR) is 158 cm³/mol. The van der Waals surface area contributed by atoms with Crippen LogP contribution in [0.1, 0.15) is 66.2 Å². The van der Waals surface area contributed by atoms with Crippen LogP contribution in [-0.2, 0) is 11.1 Å². The van der Waals surface area contributed by atoms with Crippen molar-refractivity contribution in [2.24, 2.45) is 11.7 Å². The molecule has 1 unspecified atom stereocenters. The van der Waals surface area contributed by atoms with Gasteiger partial charge in [-0.2, -0.15) is 18.3 Å². The van der Waals surface area contributed by atoms with Crippen LogP contribution in [0.15, 0.2) is 42.6 Å². The summed E-state index contributed by atoms with van der Waals surface area (Å²) in [5.74, 6) is -3.27. The second kappa shape index (κ2) is 10.3. The van der Waals surface area contributed by atoms with Crippen molar-refractivity contribution in [3.63, 3.8) is 0 Å². The molecule has 3 heterocycles. The molecule has 4 N–H and O–H groups in total. The molecule has 9 nitrogen and oxygen atoms in total. The topological polar surface area (TPSA) is 125 Å². The summed E-state index contributed by atoms with van der Waals surface area (Å²) < 4.78 is 84.4. The fraction of sp³-hybridized carbons (Fsp3) is 0.424. The fourth-order valence-corrected chi connectivity index (χ4v) is 6.13. The van der Waals surface area contributed by atoms with Gasteiger partial charge in [-0.05, 0) is 80.8 Å². The molecule has 0 bridgehead atoms. The van der Waals surface area contributed by atoms with Crippen molar-refractivity contribution in [1.82, 2.24) is 20.1 Å². The molecule has 14 heteroatoms. The highest BCUT2D eigenvalue weighted by molar-refractivity contribution is 6.00. The van der Waals surface area contributed by atoms with Crippen LogP contribution in [0.5, 0.6) is 11.5 Å². The predicted octanol–water partition coefficient (Wildman–Crippen LogP) is 5.39. The van der Waals surface area contributed by atoms with Gasteiger partial charge >= 0.3 is 6.18 Å². The highest BCUT2D eigenvalue weighted by Crippen LogP contribution is 2.52. The van der Waals surface area contributed by atoms with Gasteiger partial charge in [0.05, 0.1) is 24.4 Å². The van der Waals surface area contributed by atoms with Gasteiger partial charge in [-0.1, -0.05) is 0 Å². The molecule has 4 aromatic rings. The van der Waals surface area contributed by atoms with E-state index in [-0.39, 0.29) is 34.4 Å². The number of carbonyl (C=O) groups excluding carboxylic acids is 1. The average molecular weight is 656 g/mol. The zero-order chi connectivity index (χ0) is 32.9. The van der Waals surface area contributed by atoms with Crippen LogP contribution in [0, 0.1) is 17.6 Å². The van der Waals surface area contributed by atoms with E-state index in [9.17, 15) is 31.9 Å². The number of halogens is 5. The number of aromatic nitrogens is 3. The molecular weight excluding hydrogens is 625 g/mol. The van der Waals surface area contributed by atoms with Crippen LogP contribution in [0.3, 0.4) is 0 Å². The summed E-state index contributed by atoms with van der Waals surface area (Å²) in [5.41, 5.74) is 0.903. The Balaban J connectivity index is 1.16. The Morgan fingerprint density at radius 2 is 1.85 bits per heavy atom. The lowest BCUT2D eigenvalue weighted by molar-refractivity contribution is -0.191. The number of nitrogens with zero attached hydrogens (tertiary/aromatic N) is 3. The van der Waals surface area contributed by atoms with Gasteiger partial charge in [-0.3, -0.25) is 9.48 Å². The highest BCUT2D eigenvalue weighted by Gasteiger charge is 2.59. The minimum Gasteiger partial charge on any atom is -0.488 e. The minimum absolute atomic E-state index is 0.0487. The van der Waals surface area contributed by atoms with Crippen molar-refractivity contribution >= 4 is 16.8 Å². The number of hydrogen-bond donors (Lipinski definition) is 3. The molecule has 1 aliphatic heterocycles. The number of benzene rings is 2. The molecule has 3 aliphatic carbocycles. The Hall–Kier alpha value is -4.30. The van der Waals surface area contributed by atoms with Crippen LogP contribution in [-0.4, -0.2) is 51.2 Å². The van der Waals surface area contributed by atoms with E-state index in [1.54, 1.807) is 12.1 Å². The molecule has 8 rings (SSSR count). The Morgan fingerprint density at radius 3 is 2.51 bits per heavy atom. The van der Waals surface area contributed by atoms with Crippen molar-refractivity contribution in [2.45, 2.75) is 68.0 Å². The Labute approximate surface area is 264 Å². The molecular formula is C33H30F5N5O4. The van der Waals surface area contributed by atoms with Crippen molar-refractivity contribution < 1.29 is 41.3 Å². The van der Waals surface area contributed by atoms with Crippen LogP contribution in [0.2, 0.25) is 0 Å². The zero-order valence-electron chi connectivity index (χ0n) is 24.9. The maximum Gasteiger partial charge on any atom is 0.414 e. The first kappa shape index (κ1) is 30.1. The summed E-state index contributed by atoms with van der Waals surface area (Å²) in [6, 6.07) is 7.41. The molecule has 47 heavy (non-hydrogen) atoms.